The number of rotatable bonds is 6. The fraction of sp³-hybridized carbons (Fsp3) is 0.250. The van der Waals surface area contributed by atoms with E-state index in [-0.39, 0.29) is 12.5 Å². The lowest BCUT2D eigenvalue weighted by atomic mass is 10.1. The summed E-state index contributed by atoms with van der Waals surface area (Å²) in [4.78, 5) is 15.9. The van der Waals surface area contributed by atoms with E-state index in [1.165, 1.54) is 0 Å². The Morgan fingerprint density at radius 2 is 1.90 bits per heavy atom. The molecule has 0 aliphatic heterocycles. The first kappa shape index (κ1) is 14.2. The van der Waals surface area contributed by atoms with E-state index in [0.717, 1.165) is 11.3 Å². The van der Waals surface area contributed by atoms with E-state index in [4.69, 9.17) is 0 Å². The van der Waals surface area contributed by atoms with Gasteiger partial charge in [0.1, 0.15) is 0 Å². The monoisotopic (exact) mass is 270 g/mol. The molecule has 4 heteroatoms. The van der Waals surface area contributed by atoms with Crippen molar-refractivity contribution >= 4 is 5.91 Å². The minimum Gasteiger partial charge on any atom is -0.387 e. The molecule has 2 N–H and O–H groups in total. The minimum absolute atomic E-state index is 0.0781. The number of nitrogens with zero attached hydrogens (tertiary/aromatic N) is 1. The van der Waals surface area contributed by atoms with Crippen LogP contribution < -0.4 is 5.32 Å². The molecule has 0 aliphatic carbocycles. The lowest BCUT2D eigenvalue weighted by molar-refractivity contribution is -0.121. The molecule has 0 spiro atoms. The molecular formula is C16H18N2O2. The van der Waals surface area contributed by atoms with Gasteiger partial charge in [0.15, 0.2) is 0 Å². The molecule has 2 aromatic rings. The van der Waals surface area contributed by atoms with E-state index >= 15 is 0 Å². The van der Waals surface area contributed by atoms with Crippen LogP contribution in [0.1, 0.15) is 23.8 Å². The van der Waals surface area contributed by atoms with Crippen molar-refractivity contribution in [3.8, 4) is 0 Å². The second-order valence-electron chi connectivity index (χ2n) is 4.55. The van der Waals surface area contributed by atoms with Crippen molar-refractivity contribution in [2.75, 3.05) is 6.54 Å². The van der Waals surface area contributed by atoms with Crippen molar-refractivity contribution in [1.82, 2.24) is 10.3 Å². The van der Waals surface area contributed by atoms with Gasteiger partial charge >= 0.3 is 0 Å². The smallest absolute Gasteiger partial charge is 0.220 e. The van der Waals surface area contributed by atoms with Crippen LogP contribution in [0.5, 0.6) is 0 Å². The number of aryl methyl sites for hydroxylation is 1. The number of aliphatic hydroxyl groups is 1. The predicted octanol–water partition coefficient (Wildman–Crippen LogP) is 1.86. The molecule has 1 aromatic carbocycles. The molecule has 1 amide bonds. The van der Waals surface area contributed by atoms with Gasteiger partial charge < -0.3 is 10.4 Å². The van der Waals surface area contributed by atoms with E-state index in [1.807, 2.05) is 48.5 Å². The Bertz CT molecular complexity index is 529. The summed E-state index contributed by atoms with van der Waals surface area (Å²) in [6, 6.07) is 14.9. The van der Waals surface area contributed by atoms with Crippen molar-refractivity contribution < 1.29 is 9.90 Å². The highest BCUT2D eigenvalue weighted by atomic mass is 16.3. The summed E-state index contributed by atoms with van der Waals surface area (Å²) in [5.41, 5.74) is 1.70. The Balaban J connectivity index is 1.73. The summed E-state index contributed by atoms with van der Waals surface area (Å²) >= 11 is 0. The number of carbonyl (C=O) groups is 1. The van der Waals surface area contributed by atoms with Crippen LogP contribution in [0, 0.1) is 0 Å². The first-order valence-electron chi connectivity index (χ1n) is 6.65. The van der Waals surface area contributed by atoms with Crippen LogP contribution in [0.3, 0.4) is 0 Å². The molecule has 0 saturated carbocycles. The van der Waals surface area contributed by atoms with Gasteiger partial charge in [-0.25, -0.2) is 0 Å². The lowest BCUT2D eigenvalue weighted by Gasteiger charge is -2.12. The zero-order chi connectivity index (χ0) is 14.2. The van der Waals surface area contributed by atoms with Crippen LogP contribution in [0.4, 0.5) is 0 Å². The van der Waals surface area contributed by atoms with Gasteiger partial charge in [-0.2, -0.15) is 0 Å². The van der Waals surface area contributed by atoms with Crippen molar-refractivity contribution in [3.05, 3.63) is 66.0 Å². The zero-order valence-electron chi connectivity index (χ0n) is 11.2. The molecule has 0 fully saturated rings. The number of nitrogens with one attached hydrogen (secondary N) is 1. The van der Waals surface area contributed by atoms with E-state index < -0.39 is 6.10 Å². The molecule has 1 atom stereocenters. The molecule has 1 unspecified atom stereocenters. The Morgan fingerprint density at radius 3 is 2.60 bits per heavy atom. The first-order chi connectivity index (χ1) is 9.75. The maximum Gasteiger partial charge on any atom is 0.220 e. The summed E-state index contributed by atoms with van der Waals surface area (Å²) in [5, 5.41) is 12.7. The summed E-state index contributed by atoms with van der Waals surface area (Å²) in [7, 11) is 0. The minimum atomic E-state index is -0.671. The van der Waals surface area contributed by atoms with Crippen molar-refractivity contribution in [2.24, 2.45) is 0 Å². The molecule has 20 heavy (non-hydrogen) atoms. The third kappa shape index (κ3) is 4.48. The SMILES string of the molecule is O=C(CCc1ccccn1)NCC(O)c1ccccc1. The number of aliphatic hydroxyl groups excluding tert-OH is 1. The summed E-state index contributed by atoms with van der Waals surface area (Å²) in [6.45, 7) is 0.227. The largest absolute Gasteiger partial charge is 0.387 e. The molecule has 0 radical (unpaired) electrons. The van der Waals surface area contributed by atoms with E-state index in [0.29, 0.717) is 12.8 Å². The molecule has 0 saturated heterocycles. The fourth-order valence-corrected chi connectivity index (χ4v) is 1.88. The number of benzene rings is 1. The Hall–Kier alpha value is -2.20. The predicted molar refractivity (Wildman–Crippen MR) is 77.0 cm³/mol. The van der Waals surface area contributed by atoms with Gasteiger partial charge in [-0.3, -0.25) is 9.78 Å². The number of carbonyl (C=O) groups excluding carboxylic acids is 1. The maximum absolute atomic E-state index is 11.7. The summed E-state index contributed by atoms with van der Waals surface area (Å²) < 4.78 is 0. The van der Waals surface area contributed by atoms with Crippen molar-refractivity contribution in [1.29, 1.82) is 0 Å². The van der Waals surface area contributed by atoms with Crippen LogP contribution in [-0.4, -0.2) is 22.5 Å². The normalized spacial score (nSPS) is 11.8. The average molecular weight is 270 g/mol. The molecule has 1 heterocycles. The molecule has 0 aliphatic rings. The number of hydrogen-bond acceptors (Lipinski definition) is 3. The first-order valence-corrected chi connectivity index (χ1v) is 6.65. The van der Waals surface area contributed by atoms with Crippen molar-refractivity contribution in [3.63, 3.8) is 0 Å². The van der Waals surface area contributed by atoms with E-state index in [2.05, 4.69) is 10.3 Å². The summed E-state index contributed by atoms with van der Waals surface area (Å²) in [5.74, 6) is -0.0781. The topological polar surface area (TPSA) is 62.2 Å². The van der Waals surface area contributed by atoms with Gasteiger partial charge in [0.25, 0.3) is 0 Å². The maximum atomic E-state index is 11.7. The van der Waals surface area contributed by atoms with Crippen LogP contribution in [0.25, 0.3) is 0 Å². The molecule has 0 bridgehead atoms. The number of pyridine rings is 1. The van der Waals surface area contributed by atoms with E-state index in [1.54, 1.807) is 6.20 Å². The summed E-state index contributed by atoms with van der Waals surface area (Å²) in [6.07, 6.45) is 2.02. The zero-order valence-corrected chi connectivity index (χ0v) is 11.2. The van der Waals surface area contributed by atoms with Gasteiger partial charge in [0, 0.05) is 24.9 Å². The Morgan fingerprint density at radius 1 is 1.15 bits per heavy atom. The van der Waals surface area contributed by atoms with Gasteiger partial charge in [-0.15, -0.1) is 0 Å². The number of aromatic nitrogens is 1. The quantitative estimate of drug-likeness (QED) is 0.842. The second-order valence-corrected chi connectivity index (χ2v) is 4.55. The highest BCUT2D eigenvalue weighted by molar-refractivity contribution is 5.76. The lowest BCUT2D eigenvalue weighted by Crippen LogP contribution is -2.28. The van der Waals surface area contributed by atoms with Gasteiger partial charge in [0.05, 0.1) is 6.10 Å². The van der Waals surface area contributed by atoms with Gasteiger partial charge in [0.2, 0.25) is 5.91 Å². The third-order valence-corrected chi connectivity index (χ3v) is 3.01. The van der Waals surface area contributed by atoms with Crippen LogP contribution >= 0.6 is 0 Å². The standard InChI is InChI=1S/C16H18N2O2/c19-15(13-6-2-1-3-7-13)12-18-16(20)10-9-14-8-4-5-11-17-14/h1-8,11,15,19H,9-10,12H2,(H,18,20). The molecule has 1 aromatic heterocycles. The van der Waals surface area contributed by atoms with Crippen LogP contribution in [0.2, 0.25) is 0 Å². The molecule has 4 nitrogen and oxygen atoms in total. The third-order valence-electron chi connectivity index (χ3n) is 3.01. The fourth-order valence-electron chi connectivity index (χ4n) is 1.88. The highest BCUT2D eigenvalue weighted by Crippen LogP contribution is 2.10. The van der Waals surface area contributed by atoms with Gasteiger partial charge in [-0.05, 0) is 24.1 Å². The number of hydrogen-bond donors (Lipinski definition) is 2. The molecule has 2 rings (SSSR count). The Kier molecular flexibility index (Phi) is 5.26. The number of amides is 1. The second kappa shape index (κ2) is 7.40. The van der Waals surface area contributed by atoms with Crippen LogP contribution in [-0.2, 0) is 11.2 Å². The van der Waals surface area contributed by atoms with Crippen molar-refractivity contribution in [2.45, 2.75) is 18.9 Å². The van der Waals surface area contributed by atoms with Crippen LogP contribution in [0.15, 0.2) is 54.7 Å². The van der Waals surface area contributed by atoms with E-state index in [9.17, 15) is 9.90 Å². The molecular weight excluding hydrogens is 252 g/mol. The molecule has 104 valence electrons. The van der Waals surface area contributed by atoms with Gasteiger partial charge in [-0.1, -0.05) is 36.4 Å². The highest BCUT2D eigenvalue weighted by Gasteiger charge is 2.09. The average Bonchev–Trinajstić information content (AvgIpc) is 2.52. The Labute approximate surface area is 118 Å².